The smallest absolute Gasteiger partial charge is 0.137 e. The van der Waals surface area contributed by atoms with Crippen molar-refractivity contribution in [3.63, 3.8) is 0 Å². The molecule has 0 amide bonds. The zero-order valence-electron chi connectivity index (χ0n) is 17.0. The minimum atomic E-state index is -1.68. The standard InChI is InChI=1S/C22H21BrF2N4OS2/c23-16-3-1-15(2-4-16)10-32-21(31)29(18-6-7-18)12-22(30,11-28-14-26-13-27-28)19-8-5-17(24)9-20(19)25/h1-5,8-9,13-14,18,30H,6-7,10-12H2. The Morgan fingerprint density at radius 3 is 2.62 bits per heavy atom. The summed E-state index contributed by atoms with van der Waals surface area (Å²) in [6.07, 6.45) is 4.70. The van der Waals surface area contributed by atoms with E-state index < -0.39 is 17.2 Å². The van der Waals surface area contributed by atoms with Gasteiger partial charge in [0.25, 0.3) is 0 Å². The van der Waals surface area contributed by atoms with Gasteiger partial charge in [-0.3, -0.25) is 0 Å². The maximum absolute atomic E-state index is 14.7. The summed E-state index contributed by atoms with van der Waals surface area (Å²) in [5, 5.41) is 15.7. The number of hydrogen-bond acceptors (Lipinski definition) is 5. The summed E-state index contributed by atoms with van der Waals surface area (Å²) < 4.78 is 31.4. The molecule has 0 bridgehead atoms. The van der Waals surface area contributed by atoms with Crippen LogP contribution < -0.4 is 0 Å². The minimum Gasteiger partial charge on any atom is -0.381 e. The molecule has 1 heterocycles. The molecule has 3 aromatic rings. The summed E-state index contributed by atoms with van der Waals surface area (Å²) in [4.78, 5) is 5.86. The van der Waals surface area contributed by atoms with Crippen LogP contribution in [0.15, 0.2) is 59.6 Å². The van der Waals surface area contributed by atoms with Crippen molar-refractivity contribution in [3.8, 4) is 0 Å². The van der Waals surface area contributed by atoms with Crippen molar-refractivity contribution >= 4 is 44.2 Å². The quantitative estimate of drug-likeness (QED) is 0.412. The summed E-state index contributed by atoms with van der Waals surface area (Å²) in [6.45, 7) is 0.0189. The second kappa shape index (κ2) is 9.94. The van der Waals surface area contributed by atoms with Gasteiger partial charge in [-0.25, -0.2) is 18.4 Å². The first-order chi connectivity index (χ1) is 15.3. The lowest BCUT2D eigenvalue weighted by Gasteiger charge is -2.36. The molecule has 2 aromatic carbocycles. The molecule has 0 aliphatic heterocycles. The van der Waals surface area contributed by atoms with Gasteiger partial charge in [-0.05, 0) is 36.6 Å². The average Bonchev–Trinajstić information content (AvgIpc) is 3.48. The van der Waals surface area contributed by atoms with Gasteiger partial charge in [0, 0.05) is 27.9 Å². The Morgan fingerprint density at radius 2 is 2.00 bits per heavy atom. The second-order valence-corrected chi connectivity index (χ2v) is 10.3. The van der Waals surface area contributed by atoms with Gasteiger partial charge in [0.2, 0.25) is 0 Å². The SMILES string of the molecule is OC(CN(C(=S)SCc1ccc(Br)cc1)C1CC1)(Cn1cncn1)c1ccc(F)cc1F. The third-order valence-corrected chi connectivity index (χ3v) is 7.33. The van der Waals surface area contributed by atoms with Gasteiger partial charge in [0.15, 0.2) is 0 Å². The van der Waals surface area contributed by atoms with Crippen molar-refractivity contribution in [2.24, 2.45) is 0 Å². The lowest BCUT2D eigenvalue weighted by molar-refractivity contribution is -0.00746. The molecule has 1 fully saturated rings. The maximum Gasteiger partial charge on any atom is 0.137 e. The molecule has 1 aliphatic rings. The summed E-state index contributed by atoms with van der Waals surface area (Å²) in [7, 11) is 0. The number of aromatic nitrogens is 3. The zero-order valence-corrected chi connectivity index (χ0v) is 20.2. The van der Waals surface area contributed by atoms with Gasteiger partial charge in [-0.15, -0.1) is 0 Å². The first-order valence-corrected chi connectivity index (χ1v) is 12.2. The zero-order chi connectivity index (χ0) is 22.7. The molecule has 5 nitrogen and oxygen atoms in total. The van der Waals surface area contributed by atoms with Gasteiger partial charge < -0.3 is 10.0 Å². The van der Waals surface area contributed by atoms with Gasteiger partial charge in [0.05, 0.1) is 13.1 Å². The van der Waals surface area contributed by atoms with Gasteiger partial charge in [-0.2, -0.15) is 5.10 Å². The summed E-state index contributed by atoms with van der Waals surface area (Å²) in [6, 6.07) is 11.4. The molecule has 32 heavy (non-hydrogen) atoms. The van der Waals surface area contributed by atoms with Crippen molar-refractivity contribution in [2.75, 3.05) is 6.54 Å². The van der Waals surface area contributed by atoms with E-state index in [-0.39, 0.29) is 24.7 Å². The second-order valence-electron chi connectivity index (χ2n) is 7.79. The summed E-state index contributed by atoms with van der Waals surface area (Å²) >= 11 is 10.7. The van der Waals surface area contributed by atoms with Crippen molar-refractivity contribution < 1.29 is 13.9 Å². The Morgan fingerprint density at radius 1 is 1.25 bits per heavy atom. The van der Waals surface area contributed by atoms with Crippen LogP contribution in [0.2, 0.25) is 0 Å². The van der Waals surface area contributed by atoms with E-state index in [1.54, 1.807) is 0 Å². The van der Waals surface area contributed by atoms with E-state index in [4.69, 9.17) is 12.2 Å². The van der Waals surface area contributed by atoms with E-state index in [0.29, 0.717) is 10.1 Å². The van der Waals surface area contributed by atoms with Crippen LogP contribution in [-0.2, 0) is 17.9 Å². The largest absolute Gasteiger partial charge is 0.381 e. The predicted octanol–water partition coefficient (Wildman–Crippen LogP) is 4.89. The van der Waals surface area contributed by atoms with E-state index in [0.717, 1.165) is 35.0 Å². The van der Waals surface area contributed by atoms with Gasteiger partial charge in [0.1, 0.15) is 34.2 Å². The van der Waals surface area contributed by atoms with Crippen LogP contribution in [0.4, 0.5) is 8.78 Å². The first-order valence-electron chi connectivity index (χ1n) is 10.0. The highest BCUT2D eigenvalue weighted by Crippen LogP contribution is 2.36. The lowest BCUT2D eigenvalue weighted by atomic mass is 9.92. The summed E-state index contributed by atoms with van der Waals surface area (Å²) in [5.74, 6) is -0.826. The molecular weight excluding hydrogens is 518 g/mol. The Labute approximate surface area is 203 Å². The molecule has 1 N–H and O–H groups in total. The van der Waals surface area contributed by atoms with E-state index in [1.165, 1.54) is 35.2 Å². The highest BCUT2D eigenvalue weighted by molar-refractivity contribution is 9.10. The molecule has 1 aromatic heterocycles. The number of benzene rings is 2. The van der Waals surface area contributed by atoms with Crippen LogP contribution in [0.5, 0.6) is 0 Å². The molecule has 4 rings (SSSR count). The minimum absolute atomic E-state index is 0.000703. The van der Waals surface area contributed by atoms with Gasteiger partial charge >= 0.3 is 0 Å². The average molecular weight is 539 g/mol. The third kappa shape index (κ3) is 5.72. The normalized spacial score (nSPS) is 15.4. The van der Waals surface area contributed by atoms with Crippen LogP contribution >= 0.6 is 39.9 Å². The Balaban J connectivity index is 1.56. The van der Waals surface area contributed by atoms with Gasteiger partial charge in [-0.1, -0.05) is 58.1 Å². The van der Waals surface area contributed by atoms with E-state index in [1.807, 2.05) is 29.2 Å². The Kier molecular flexibility index (Phi) is 7.24. The topological polar surface area (TPSA) is 54.2 Å². The number of aliphatic hydroxyl groups is 1. The first kappa shape index (κ1) is 23.3. The highest BCUT2D eigenvalue weighted by atomic mass is 79.9. The number of hydrogen-bond donors (Lipinski definition) is 1. The maximum atomic E-state index is 14.7. The van der Waals surface area contributed by atoms with E-state index in [9.17, 15) is 13.9 Å². The van der Waals surface area contributed by atoms with Crippen molar-refractivity contribution in [1.29, 1.82) is 0 Å². The molecule has 168 valence electrons. The number of halogens is 3. The summed E-state index contributed by atoms with van der Waals surface area (Å²) in [5.41, 5.74) is -0.560. The fourth-order valence-electron chi connectivity index (χ4n) is 3.49. The third-order valence-electron chi connectivity index (χ3n) is 5.25. The van der Waals surface area contributed by atoms with Crippen molar-refractivity contribution in [1.82, 2.24) is 19.7 Å². The molecule has 0 radical (unpaired) electrons. The number of thiocarbonyl (C=S) groups is 1. The van der Waals surface area contributed by atoms with Crippen molar-refractivity contribution in [3.05, 3.63) is 82.4 Å². The molecule has 10 heteroatoms. The Hall–Kier alpha value is -1.88. The number of thioether (sulfide) groups is 1. The molecule has 1 atom stereocenters. The molecule has 1 aliphatic carbocycles. The van der Waals surface area contributed by atoms with Crippen LogP contribution in [0.25, 0.3) is 0 Å². The molecule has 0 spiro atoms. The molecule has 1 unspecified atom stereocenters. The molecular formula is C22H21BrF2N4OS2. The van der Waals surface area contributed by atoms with Crippen LogP contribution in [0, 0.1) is 11.6 Å². The van der Waals surface area contributed by atoms with Crippen molar-refractivity contribution in [2.45, 2.75) is 36.8 Å². The fraction of sp³-hybridized carbons (Fsp3) is 0.318. The Bertz CT molecular complexity index is 1080. The molecule has 1 saturated carbocycles. The molecule has 0 saturated heterocycles. The fourth-order valence-corrected chi connectivity index (χ4v) is 5.01. The van der Waals surface area contributed by atoms with E-state index in [2.05, 4.69) is 26.0 Å². The lowest BCUT2D eigenvalue weighted by Crippen LogP contribution is -2.46. The van der Waals surface area contributed by atoms with Crippen LogP contribution in [0.1, 0.15) is 24.0 Å². The predicted molar refractivity (Wildman–Crippen MR) is 128 cm³/mol. The number of rotatable bonds is 8. The van der Waals surface area contributed by atoms with Crippen LogP contribution in [0.3, 0.4) is 0 Å². The van der Waals surface area contributed by atoms with E-state index >= 15 is 0 Å². The number of nitrogens with zero attached hydrogens (tertiary/aromatic N) is 4. The highest BCUT2D eigenvalue weighted by Gasteiger charge is 2.41. The monoisotopic (exact) mass is 538 g/mol. The van der Waals surface area contributed by atoms with Crippen LogP contribution in [-0.4, -0.2) is 41.7 Å².